The van der Waals surface area contributed by atoms with Crippen molar-refractivity contribution in [1.82, 2.24) is 16.0 Å². The molecule has 0 aromatic rings. The van der Waals surface area contributed by atoms with Crippen LogP contribution in [-0.4, -0.2) is 83.2 Å². The van der Waals surface area contributed by atoms with Crippen LogP contribution in [0.4, 0.5) is 0 Å². The molecule has 12 heteroatoms. The van der Waals surface area contributed by atoms with Gasteiger partial charge in [-0.05, 0) is 44.7 Å². The van der Waals surface area contributed by atoms with Crippen LogP contribution in [-0.2, 0) is 19.2 Å². The first kappa shape index (κ1) is 27.1. The van der Waals surface area contributed by atoms with E-state index in [-0.39, 0.29) is 6.42 Å². The SMILES string of the molecule is CSCCC(NC(=O)C(C)NC(=O)C(CO)NC(=O)C(N)CCCCN)C(=O)O. The van der Waals surface area contributed by atoms with Crippen molar-refractivity contribution >= 4 is 35.5 Å². The summed E-state index contributed by atoms with van der Waals surface area (Å²) in [6.07, 6.45) is 3.80. The molecule has 4 unspecified atom stereocenters. The van der Waals surface area contributed by atoms with Crippen molar-refractivity contribution in [3.8, 4) is 0 Å². The van der Waals surface area contributed by atoms with Crippen molar-refractivity contribution in [2.24, 2.45) is 11.5 Å². The molecule has 0 bridgehead atoms. The molecular formula is C17H33N5O6S. The zero-order valence-corrected chi connectivity index (χ0v) is 17.7. The smallest absolute Gasteiger partial charge is 0.326 e. The van der Waals surface area contributed by atoms with Gasteiger partial charge in [0.1, 0.15) is 18.1 Å². The maximum absolute atomic E-state index is 12.3. The summed E-state index contributed by atoms with van der Waals surface area (Å²) < 4.78 is 0. The summed E-state index contributed by atoms with van der Waals surface area (Å²) in [6, 6.07) is -4.28. The number of carboxylic acid groups (broad SMARTS) is 1. The summed E-state index contributed by atoms with van der Waals surface area (Å²) in [5, 5.41) is 25.6. The number of carbonyl (C=O) groups is 4. The third kappa shape index (κ3) is 11.0. The van der Waals surface area contributed by atoms with Gasteiger partial charge in [-0.2, -0.15) is 11.8 Å². The first-order chi connectivity index (χ1) is 13.7. The number of carbonyl (C=O) groups excluding carboxylic acids is 3. The third-order valence-electron chi connectivity index (χ3n) is 4.10. The average Bonchev–Trinajstić information content (AvgIpc) is 2.68. The summed E-state index contributed by atoms with van der Waals surface area (Å²) in [6.45, 7) is 1.17. The summed E-state index contributed by atoms with van der Waals surface area (Å²) in [4.78, 5) is 47.7. The minimum absolute atomic E-state index is 0.236. The van der Waals surface area contributed by atoms with Crippen LogP contribution in [0.1, 0.15) is 32.6 Å². The fraction of sp³-hybridized carbons (Fsp3) is 0.765. The van der Waals surface area contributed by atoms with Crippen molar-refractivity contribution in [3.63, 3.8) is 0 Å². The fourth-order valence-electron chi connectivity index (χ4n) is 2.28. The molecule has 3 amide bonds. The van der Waals surface area contributed by atoms with Crippen LogP contribution in [0.25, 0.3) is 0 Å². The third-order valence-corrected chi connectivity index (χ3v) is 4.74. The molecule has 4 atom stereocenters. The minimum Gasteiger partial charge on any atom is -0.480 e. The van der Waals surface area contributed by atoms with Crippen molar-refractivity contribution in [3.05, 3.63) is 0 Å². The second-order valence-electron chi connectivity index (χ2n) is 6.55. The maximum atomic E-state index is 12.3. The summed E-state index contributed by atoms with van der Waals surface area (Å²) in [7, 11) is 0. The maximum Gasteiger partial charge on any atom is 0.326 e. The monoisotopic (exact) mass is 435 g/mol. The zero-order valence-electron chi connectivity index (χ0n) is 16.8. The normalized spacial score (nSPS) is 14.9. The molecule has 0 aromatic heterocycles. The number of nitrogens with two attached hydrogens (primary N) is 2. The number of carboxylic acids is 1. The van der Waals surface area contributed by atoms with Crippen LogP contribution < -0.4 is 27.4 Å². The zero-order chi connectivity index (χ0) is 22.4. The molecule has 0 saturated heterocycles. The average molecular weight is 436 g/mol. The first-order valence-corrected chi connectivity index (χ1v) is 10.8. The van der Waals surface area contributed by atoms with E-state index in [2.05, 4.69) is 16.0 Å². The quantitative estimate of drug-likeness (QED) is 0.139. The Morgan fingerprint density at radius 2 is 1.59 bits per heavy atom. The predicted molar refractivity (Wildman–Crippen MR) is 110 cm³/mol. The van der Waals surface area contributed by atoms with Gasteiger partial charge in [-0.15, -0.1) is 0 Å². The lowest BCUT2D eigenvalue weighted by molar-refractivity contribution is -0.142. The molecule has 0 aliphatic rings. The summed E-state index contributed by atoms with van der Waals surface area (Å²) in [5.74, 6) is -2.70. The molecule has 0 radical (unpaired) electrons. The van der Waals surface area contributed by atoms with Gasteiger partial charge >= 0.3 is 5.97 Å². The van der Waals surface area contributed by atoms with E-state index >= 15 is 0 Å². The van der Waals surface area contributed by atoms with E-state index in [0.717, 1.165) is 0 Å². The molecule has 11 nitrogen and oxygen atoms in total. The topological polar surface area (TPSA) is 197 Å². The summed E-state index contributed by atoms with van der Waals surface area (Å²) >= 11 is 1.45. The molecule has 29 heavy (non-hydrogen) atoms. The number of hydrogen-bond acceptors (Lipinski definition) is 8. The lowest BCUT2D eigenvalue weighted by Crippen LogP contribution is -2.57. The molecular weight excluding hydrogens is 402 g/mol. The number of aliphatic hydroxyl groups is 1. The van der Waals surface area contributed by atoms with Gasteiger partial charge in [-0.3, -0.25) is 14.4 Å². The van der Waals surface area contributed by atoms with Crippen LogP contribution >= 0.6 is 11.8 Å². The van der Waals surface area contributed by atoms with Crippen LogP contribution in [0.5, 0.6) is 0 Å². The Morgan fingerprint density at radius 3 is 2.10 bits per heavy atom. The van der Waals surface area contributed by atoms with Gasteiger partial charge in [0.25, 0.3) is 0 Å². The second kappa shape index (κ2) is 15.0. The number of hydrogen-bond donors (Lipinski definition) is 7. The highest BCUT2D eigenvalue weighted by atomic mass is 32.2. The highest BCUT2D eigenvalue weighted by Crippen LogP contribution is 2.02. The lowest BCUT2D eigenvalue weighted by atomic mass is 10.1. The van der Waals surface area contributed by atoms with Gasteiger partial charge < -0.3 is 37.6 Å². The van der Waals surface area contributed by atoms with Crippen molar-refractivity contribution in [2.45, 2.75) is 56.8 Å². The Morgan fingerprint density at radius 1 is 0.966 bits per heavy atom. The van der Waals surface area contributed by atoms with Crippen LogP contribution in [0.15, 0.2) is 0 Å². The number of nitrogens with one attached hydrogen (secondary N) is 3. The van der Waals surface area contributed by atoms with Gasteiger partial charge in [0, 0.05) is 0 Å². The van der Waals surface area contributed by atoms with Crippen LogP contribution in [0, 0.1) is 0 Å². The molecule has 0 rings (SSSR count). The lowest BCUT2D eigenvalue weighted by Gasteiger charge is -2.22. The molecule has 0 aliphatic carbocycles. The van der Waals surface area contributed by atoms with Gasteiger partial charge in [0.2, 0.25) is 17.7 Å². The molecule has 168 valence electrons. The molecule has 0 fully saturated rings. The van der Waals surface area contributed by atoms with E-state index in [1.807, 2.05) is 6.26 Å². The van der Waals surface area contributed by atoms with Gasteiger partial charge in [0.15, 0.2) is 0 Å². The largest absolute Gasteiger partial charge is 0.480 e. The molecule has 9 N–H and O–H groups in total. The number of thioether (sulfide) groups is 1. The Bertz CT molecular complexity index is 550. The molecule has 0 aromatic carbocycles. The highest BCUT2D eigenvalue weighted by Gasteiger charge is 2.27. The standard InChI is InChI=1S/C17H33N5O6S/c1-10(14(24)21-12(17(27)28)6-8-29-2)20-16(26)13(9-23)22-15(25)11(19)5-3-4-7-18/h10-13,23H,3-9,18-19H2,1-2H3,(H,20,26)(H,21,24)(H,22,25)(H,27,28). The number of unbranched alkanes of at least 4 members (excludes halogenated alkanes) is 1. The highest BCUT2D eigenvalue weighted by molar-refractivity contribution is 7.98. The van der Waals surface area contributed by atoms with E-state index < -0.39 is 54.5 Å². The Kier molecular flexibility index (Phi) is 14.0. The van der Waals surface area contributed by atoms with E-state index in [9.17, 15) is 24.3 Å². The van der Waals surface area contributed by atoms with Crippen molar-refractivity contribution < 1.29 is 29.4 Å². The molecule has 0 spiro atoms. The van der Waals surface area contributed by atoms with Gasteiger partial charge in [-0.25, -0.2) is 4.79 Å². The molecule has 0 aliphatic heterocycles. The van der Waals surface area contributed by atoms with Crippen molar-refractivity contribution in [2.75, 3.05) is 25.2 Å². The minimum atomic E-state index is -1.29. The van der Waals surface area contributed by atoms with E-state index in [4.69, 9.17) is 16.6 Å². The van der Waals surface area contributed by atoms with Gasteiger partial charge in [0.05, 0.1) is 12.6 Å². The summed E-state index contributed by atoms with van der Waals surface area (Å²) in [5.41, 5.74) is 11.1. The Hall–Kier alpha value is -1.89. The second-order valence-corrected chi connectivity index (χ2v) is 7.53. The van der Waals surface area contributed by atoms with E-state index in [0.29, 0.717) is 31.6 Å². The number of rotatable bonds is 15. The number of amides is 3. The van der Waals surface area contributed by atoms with Crippen LogP contribution in [0.2, 0.25) is 0 Å². The van der Waals surface area contributed by atoms with E-state index in [1.54, 1.807) is 0 Å². The van der Waals surface area contributed by atoms with Crippen LogP contribution in [0.3, 0.4) is 0 Å². The number of aliphatic carboxylic acids is 1. The first-order valence-electron chi connectivity index (χ1n) is 9.37. The molecule has 0 heterocycles. The predicted octanol–water partition coefficient (Wildman–Crippen LogP) is -2.25. The van der Waals surface area contributed by atoms with E-state index in [1.165, 1.54) is 18.7 Å². The Labute approximate surface area is 174 Å². The number of aliphatic hydroxyl groups excluding tert-OH is 1. The Balaban J connectivity index is 4.68. The molecule has 0 saturated carbocycles. The van der Waals surface area contributed by atoms with Gasteiger partial charge in [-0.1, -0.05) is 6.42 Å². The van der Waals surface area contributed by atoms with Crippen molar-refractivity contribution in [1.29, 1.82) is 0 Å². The fourth-order valence-corrected chi connectivity index (χ4v) is 2.75.